The molecule has 1 aromatic carbocycles. The second-order valence-corrected chi connectivity index (χ2v) is 6.18. The zero-order chi connectivity index (χ0) is 14.0. The van der Waals surface area contributed by atoms with Gasteiger partial charge < -0.3 is 0 Å². The fourth-order valence-electron chi connectivity index (χ4n) is 1.62. The van der Waals surface area contributed by atoms with Crippen LogP contribution in [-0.2, 0) is 16.6 Å². The third kappa shape index (κ3) is 3.08. The Morgan fingerprint density at radius 1 is 1.42 bits per heavy atom. The van der Waals surface area contributed by atoms with Gasteiger partial charge in [-0.2, -0.15) is 5.10 Å². The molecule has 19 heavy (non-hydrogen) atoms. The number of anilines is 1. The third-order valence-electron chi connectivity index (χ3n) is 2.59. The number of rotatable bonds is 4. The normalized spacial score (nSPS) is 11.5. The van der Waals surface area contributed by atoms with E-state index in [1.165, 1.54) is 12.3 Å². The van der Waals surface area contributed by atoms with Gasteiger partial charge in [0, 0.05) is 12.7 Å². The first-order valence-corrected chi connectivity index (χ1v) is 7.60. The Kier molecular flexibility index (Phi) is 3.82. The molecule has 0 radical (unpaired) electrons. The quantitative estimate of drug-likeness (QED) is 0.944. The summed E-state index contributed by atoms with van der Waals surface area (Å²) in [5, 5.41) is 4.21. The van der Waals surface area contributed by atoms with Gasteiger partial charge in [-0.25, -0.2) is 8.42 Å². The average molecular weight is 300 g/mol. The predicted octanol–water partition coefficient (Wildman–Crippen LogP) is 2.67. The molecule has 5 nitrogen and oxygen atoms in total. The van der Waals surface area contributed by atoms with Gasteiger partial charge in [-0.15, -0.1) is 0 Å². The topological polar surface area (TPSA) is 64.0 Å². The van der Waals surface area contributed by atoms with Crippen LogP contribution in [0.5, 0.6) is 0 Å². The number of aromatic nitrogens is 2. The Bertz CT molecular complexity index is 695. The molecule has 1 heterocycles. The largest absolute Gasteiger partial charge is 0.276 e. The Hall–Kier alpha value is -1.53. The summed E-state index contributed by atoms with van der Waals surface area (Å²) in [5.74, 6) is 0. The van der Waals surface area contributed by atoms with Crippen LogP contribution in [-0.4, -0.2) is 18.2 Å². The molecular weight excluding hydrogens is 286 g/mol. The van der Waals surface area contributed by atoms with Crippen LogP contribution in [0.2, 0.25) is 5.02 Å². The van der Waals surface area contributed by atoms with E-state index in [1.54, 1.807) is 23.0 Å². The van der Waals surface area contributed by atoms with Crippen LogP contribution >= 0.6 is 11.6 Å². The molecule has 0 spiro atoms. The third-order valence-corrected chi connectivity index (χ3v) is 4.45. The van der Waals surface area contributed by atoms with Crippen molar-refractivity contribution in [3.63, 3.8) is 0 Å². The first-order valence-electron chi connectivity index (χ1n) is 5.74. The van der Waals surface area contributed by atoms with E-state index in [4.69, 9.17) is 11.6 Å². The van der Waals surface area contributed by atoms with Crippen molar-refractivity contribution in [2.75, 3.05) is 4.72 Å². The molecule has 0 unspecified atom stereocenters. The van der Waals surface area contributed by atoms with Crippen LogP contribution in [0.15, 0.2) is 35.5 Å². The fourth-order valence-corrected chi connectivity index (χ4v) is 3.25. The van der Waals surface area contributed by atoms with Crippen molar-refractivity contribution < 1.29 is 8.42 Å². The molecule has 0 aliphatic rings. The maximum atomic E-state index is 12.2. The average Bonchev–Trinajstić information content (AvgIpc) is 2.75. The fraction of sp³-hybridized carbons (Fsp3) is 0.250. The Labute approximate surface area is 117 Å². The van der Waals surface area contributed by atoms with Crippen LogP contribution in [0.3, 0.4) is 0 Å². The maximum Gasteiger partial charge on any atom is 0.263 e. The van der Waals surface area contributed by atoms with E-state index in [-0.39, 0.29) is 9.92 Å². The number of benzene rings is 1. The van der Waals surface area contributed by atoms with Crippen molar-refractivity contribution in [2.45, 2.75) is 25.3 Å². The molecule has 1 aromatic heterocycles. The number of sulfonamides is 1. The van der Waals surface area contributed by atoms with Crippen molar-refractivity contribution in [1.29, 1.82) is 0 Å². The van der Waals surface area contributed by atoms with Gasteiger partial charge in [-0.3, -0.25) is 9.40 Å². The van der Waals surface area contributed by atoms with Gasteiger partial charge in [0.15, 0.2) is 0 Å². The number of nitrogens with zero attached hydrogens (tertiary/aromatic N) is 2. The molecule has 0 saturated heterocycles. The van der Waals surface area contributed by atoms with Crippen molar-refractivity contribution in [2.24, 2.45) is 0 Å². The molecule has 0 fully saturated rings. The highest BCUT2D eigenvalue weighted by Gasteiger charge is 2.18. The lowest BCUT2D eigenvalue weighted by Gasteiger charge is -2.08. The van der Waals surface area contributed by atoms with E-state index in [0.717, 1.165) is 5.56 Å². The molecule has 0 amide bonds. The number of halogens is 1. The smallest absolute Gasteiger partial charge is 0.263 e. The highest BCUT2D eigenvalue weighted by molar-refractivity contribution is 7.92. The molecule has 2 rings (SSSR count). The molecule has 0 aliphatic heterocycles. The van der Waals surface area contributed by atoms with E-state index in [2.05, 4.69) is 9.82 Å². The maximum absolute atomic E-state index is 12.2. The minimum absolute atomic E-state index is 0.0593. The molecule has 2 aromatic rings. The second kappa shape index (κ2) is 5.22. The number of nitrogens with one attached hydrogen (secondary N) is 1. The first kappa shape index (κ1) is 13.9. The first-order chi connectivity index (χ1) is 8.92. The van der Waals surface area contributed by atoms with E-state index in [1.807, 2.05) is 13.8 Å². The van der Waals surface area contributed by atoms with Gasteiger partial charge in [0.05, 0.1) is 16.9 Å². The summed E-state index contributed by atoms with van der Waals surface area (Å²) in [4.78, 5) is 0.0593. The highest BCUT2D eigenvalue weighted by Crippen LogP contribution is 2.24. The summed E-state index contributed by atoms with van der Waals surface area (Å²) in [5.41, 5.74) is 1.32. The van der Waals surface area contributed by atoms with Crippen LogP contribution in [0.25, 0.3) is 0 Å². The predicted molar refractivity (Wildman–Crippen MR) is 74.9 cm³/mol. The minimum Gasteiger partial charge on any atom is -0.276 e. The van der Waals surface area contributed by atoms with Gasteiger partial charge in [0.1, 0.15) is 4.90 Å². The van der Waals surface area contributed by atoms with E-state index < -0.39 is 10.0 Å². The number of aryl methyl sites for hydroxylation is 2. The van der Waals surface area contributed by atoms with Crippen LogP contribution < -0.4 is 4.72 Å². The zero-order valence-electron chi connectivity index (χ0n) is 10.6. The summed E-state index contributed by atoms with van der Waals surface area (Å²) in [7, 11) is -3.69. The summed E-state index contributed by atoms with van der Waals surface area (Å²) in [6.45, 7) is 4.44. The molecule has 0 bridgehead atoms. The zero-order valence-corrected chi connectivity index (χ0v) is 12.2. The van der Waals surface area contributed by atoms with Crippen molar-refractivity contribution in [3.05, 3.63) is 41.2 Å². The Balaban J connectivity index is 2.32. The van der Waals surface area contributed by atoms with E-state index in [9.17, 15) is 8.42 Å². The SMILES string of the molecule is CCn1cc(NS(=O)(=O)c2ccc(C)cc2Cl)cn1. The number of hydrogen-bond acceptors (Lipinski definition) is 3. The summed E-state index contributed by atoms with van der Waals surface area (Å²) in [6, 6.07) is 4.81. The van der Waals surface area contributed by atoms with Crippen LogP contribution in [0, 0.1) is 6.92 Å². The summed E-state index contributed by atoms with van der Waals surface area (Å²) in [6.07, 6.45) is 3.09. The monoisotopic (exact) mass is 299 g/mol. The highest BCUT2D eigenvalue weighted by atomic mass is 35.5. The molecule has 1 N–H and O–H groups in total. The molecule has 0 saturated carbocycles. The number of hydrogen-bond donors (Lipinski definition) is 1. The van der Waals surface area contributed by atoms with Crippen LogP contribution in [0.1, 0.15) is 12.5 Å². The standard InChI is InChI=1S/C12H14ClN3O2S/c1-3-16-8-10(7-14-16)15-19(17,18)12-5-4-9(2)6-11(12)13/h4-8,15H,3H2,1-2H3. The van der Waals surface area contributed by atoms with E-state index in [0.29, 0.717) is 12.2 Å². The van der Waals surface area contributed by atoms with Gasteiger partial charge in [-0.1, -0.05) is 17.7 Å². The van der Waals surface area contributed by atoms with Crippen molar-refractivity contribution >= 4 is 27.3 Å². The van der Waals surface area contributed by atoms with Gasteiger partial charge in [0.25, 0.3) is 10.0 Å². The Morgan fingerprint density at radius 2 is 2.16 bits per heavy atom. The molecular formula is C12H14ClN3O2S. The van der Waals surface area contributed by atoms with Gasteiger partial charge in [0.2, 0.25) is 0 Å². The lowest BCUT2D eigenvalue weighted by Crippen LogP contribution is -2.13. The summed E-state index contributed by atoms with van der Waals surface area (Å²) >= 11 is 5.97. The summed E-state index contributed by atoms with van der Waals surface area (Å²) < 4.78 is 28.5. The molecule has 0 atom stereocenters. The lowest BCUT2D eigenvalue weighted by molar-refractivity contribution is 0.601. The molecule has 7 heteroatoms. The van der Waals surface area contributed by atoms with Crippen LogP contribution in [0.4, 0.5) is 5.69 Å². The minimum atomic E-state index is -3.69. The van der Waals surface area contributed by atoms with Gasteiger partial charge in [-0.05, 0) is 31.5 Å². The molecule has 102 valence electrons. The Morgan fingerprint density at radius 3 is 2.74 bits per heavy atom. The lowest BCUT2D eigenvalue weighted by atomic mass is 10.2. The van der Waals surface area contributed by atoms with Gasteiger partial charge >= 0.3 is 0 Å². The van der Waals surface area contributed by atoms with Crippen molar-refractivity contribution in [3.8, 4) is 0 Å². The van der Waals surface area contributed by atoms with E-state index >= 15 is 0 Å². The second-order valence-electron chi connectivity index (χ2n) is 4.12. The molecule has 0 aliphatic carbocycles. The van der Waals surface area contributed by atoms with Crippen molar-refractivity contribution in [1.82, 2.24) is 9.78 Å².